The molecule has 0 atom stereocenters. The summed E-state index contributed by atoms with van der Waals surface area (Å²) < 4.78 is 0. The Kier molecular flexibility index (Phi) is 9.26. The molecule has 0 radical (unpaired) electrons. The van der Waals surface area contributed by atoms with Gasteiger partial charge in [-0.3, -0.25) is 0 Å². The standard InChI is InChI=1S/C56H51B2NSi/c1-36-24-26-52-48(32-36)57(54-40(5)28-38(3)29-41(54)6)50-34-47(60(44-18-12-9-13-19-44,45-20-14-10-15-21-45)46-22-16-11-17-23-46)35-51-56(50)59(52)53-27-25-37(2)33-49(53)58(51)55-42(7)30-39(4)31-43(55)8/h9-35H,1-8H3. The van der Waals surface area contributed by atoms with Crippen molar-refractivity contribution in [2.75, 3.05) is 4.90 Å². The molecule has 1 nitrogen and oxygen atoms in total. The van der Waals surface area contributed by atoms with Gasteiger partial charge in [0.05, 0.1) is 0 Å². The van der Waals surface area contributed by atoms with E-state index in [4.69, 9.17) is 0 Å². The maximum absolute atomic E-state index is 2.96. The van der Waals surface area contributed by atoms with Crippen LogP contribution >= 0.6 is 0 Å². The van der Waals surface area contributed by atoms with Crippen molar-refractivity contribution in [2.24, 2.45) is 0 Å². The molecule has 0 saturated carbocycles. The van der Waals surface area contributed by atoms with Gasteiger partial charge < -0.3 is 4.90 Å². The van der Waals surface area contributed by atoms with Crippen LogP contribution in [0.15, 0.2) is 164 Å². The predicted molar refractivity (Wildman–Crippen MR) is 265 cm³/mol. The summed E-state index contributed by atoms with van der Waals surface area (Å²) in [7, 11) is -2.96. The van der Waals surface area contributed by atoms with E-state index in [1.54, 1.807) is 0 Å². The Hall–Kier alpha value is -6.09. The number of hydrogen-bond acceptors (Lipinski definition) is 1. The average molecular weight is 788 g/mol. The van der Waals surface area contributed by atoms with Crippen LogP contribution in [0.2, 0.25) is 0 Å². The van der Waals surface area contributed by atoms with E-state index in [-0.39, 0.29) is 13.4 Å². The third-order valence-electron chi connectivity index (χ3n) is 13.6. The minimum absolute atomic E-state index is 0.0346. The summed E-state index contributed by atoms with van der Waals surface area (Å²) in [5, 5.41) is 5.60. The molecular weight excluding hydrogens is 736 g/mol. The Bertz CT molecular complexity index is 2700. The molecule has 0 saturated heterocycles. The molecule has 8 aromatic rings. The molecule has 0 fully saturated rings. The van der Waals surface area contributed by atoms with Crippen molar-refractivity contribution in [1.29, 1.82) is 0 Å². The van der Waals surface area contributed by atoms with Crippen molar-refractivity contribution in [3.8, 4) is 0 Å². The Morgan fingerprint density at radius 2 is 0.683 bits per heavy atom. The van der Waals surface area contributed by atoms with Gasteiger partial charge in [0.1, 0.15) is 0 Å². The fraction of sp³-hybridized carbons (Fsp3) is 0.143. The number of rotatable bonds is 6. The number of benzene rings is 8. The Labute approximate surface area is 359 Å². The highest BCUT2D eigenvalue weighted by Crippen LogP contribution is 2.38. The Morgan fingerprint density at radius 1 is 0.333 bits per heavy atom. The second-order valence-corrected chi connectivity index (χ2v) is 21.6. The van der Waals surface area contributed by atoms with E-state index in [1.165, 1.54) is 115 Å². The highest BCUT2D eigenvalue weighted by atomic mass is 28.3. The molecule has 2 aliphatic heterocycles. The van der Waals surface area contributed by atoms with E-state index < -0.39 is 8.07 Å². The molecule has 290 valence electrons. The minimum atomic E-state index is -2.96. The van der Waals surface area contributed by atoms with E-state index in [0.717, 1.165) is 0 Å². The third kappa shape index (κ3) is 5.83. The Morgan fingerprint density at radius 3 is 1.03 bits per heavy atom. The molecule has 4 heteroatoms. The van der Waals surface area contributed by atoms with E-state index in [9.17, 15) is 0 Å². The second-order valence-electron chi connectivity index (χ2n) is 17.8. The number of aryl methyl sites for hydroxylation is 8. The van der Waals surface area contributed by atoms with Crippen LogP contribution in [-0.2, 0) is 0 Å². The molecule has 0 N–H and O–H groups in total. The lowest BCUT2D eigenvalue weighted by atomic mass is 9.29. The molecule has 2 heterocycles. The van der Waals surface area contributed by atoms with Crippen molar-refractivity contribution in [2.45, 2.75) is 55.4 Å². The molecular formula is C56H51B2NSi. The van der Waals surface area contributed by atoms with Crippen molar-refractivity contribution in [1.82, 2.24) is 0 Å². The minimum Gasteiger partial charge on any atom is -0.313 e. The van der Waals surface area contributed by atoms with Crippen LogP contribution in [0, 0.1) is 55.4 Å². The van der Waals surface area contributed by atoms with Gasteiger partial charge in [-0.15, -0.1) is 0 Å². The summed E-state index contributed by atoms with van der Waals surface area (Å²) in [6.07, 6.45) is 0. The third-order valence-corrected chi connectivity index (χ3v) is 18.3. The van der Waals surface area contributed by atoms with Gasteiger partial charge in [0.25, 0.3) is 0 Å². The van der Waals surface area contributed by atoms with Crippen LogP contribution in [0.4, 0.5) is 17.1 Å². The monoisotopic (exact) mass is 787 g/mol. The zero-order valence-corrected chi connectivity index (χ0v) is 37.2. The molecule has 60 heavy (non-hydrogen) atoms. The van der Waals surface area contributed by atoms with Gasteiger partial charge in [0.2, 0.25) is 13.4 Å². The van der Waals surface area contributed by atoms with E-state index in [2.05, 4.69) is 224 Å². The lowest BCUT2D eigenvalue weighted by Crippen LogP contribution is -2.76. The maximum Gasteiger partial charge on any atom is 0.247 e. The number of hydrogen-bond donors (Lipinski definition) is 0. The summed E-state index contributed by atoms with van der Waals surface area (Å²) in [5.74, 6) is 0. The van der Waals surface area contributed by atoms with Crippen molar-refractivity contribution < 1.29 is 0 Å². The first-order valence-electron chi connectivity index (χ1n) is 21.6. The fourth-order valence-electron chi connectivity index (χ4n) is 11.5. The number of fused-ring (bicyclic) bond motifs is 4. The maximum atomic E-state index is 2.69. The first kappa shape index (κ1) is 38.1. The lowest BCUT2D eigenvalue weighted by Gasteiger charge is -2.46. The molecule has 10 rings (SSSR count). The van der Waals surface area contributed by atoms with Crippen LogP contribution in [0.5, 0.6) is 0 Å². The van der Waals surface area contributed by atoms with Gasteiger partial charge in [0.15, 0.2) is 8.07 Å². The molecule has 0 spiro atoms. The smallest absolute Gasteiger partial charge is 0.247 e. The van der Waals surface area contributed by atoms with Crippen molar-refractivity contribution >= 4 is 92.1 Å². The highest BCUT2D eigenvalue weighted by Gasteiger charge is 2.48. The van der Waals surface area contributed by atoms with Crippen LogP contribution in [0.1, 0.15) is 44.5 Å². The fourth-order valence-corrected chi connectivity index (χ4v) is 16.3. The normalized spacial score (nSPS) is 12.9. The second kappa shape index (κ2) is 14.6. The highest BCUT2D eigenvalue weighted by molar-refractivity contribution is 7.20. The quantitative estimate of drug-likeness (QED) is 0.135. The van der Waals surface area contributed by atoms with Gasteiger partial charge in [-0.05, 0) is 110 Å². The molecule has 0 amide bonds. The predicted octanol–water partition coefficient (Wildman–Crippen LogP) is 6.66. The zero-order valence-electron chi connectivity index (χ0n) is 36.2. The summed E-state index contributed by atoms with van der Waals surface area (Å²) in [5.41, 5.74) is 22.9. The Balaban J connectivity index is 1.44. The van der Waals surface area contributed by atoms with Gasteiger partial charge in [-0.1, -0.05) is 207 Å². The van der Waals surface area contributed by atoms with Gasteiger partial charge >= 0.3 is 0 Å². The molecule has 8 aromatic carbocycles. The van der Waals surface area contributed by atoms with Gasteiger partial charge in [-0.2, -0.15) is 0 Å². The summed E-state index contributed by atoms with van der Waals surface area (Å²) in [4.78, 5) is 2.65. The van der Waals surface area contributed by atoms with E-state index >= 15 is 0 Å². The molecule has 0 bridgehead atoms. The SMILES string of the molecule is Cc1cc(C)c(B2c3cc(C)ccc3N3c4ccc(C)cc4B(c4c(C)cc(C)cc4C)c4cc([Si](c5ccccc5)(c5ccccc5)c5ccccc5)cc2c43)c(C)c1. The molecule has 0 aliphatic carbocycles. The lowest BCUT2D eigenvalue weighted by molar-refractivity contribution is 1.28. The average Bonchev–Trinajstić information content (AvgIpc) is 3.23. The van der Waals surface area contributed by atoms with Gasteiger partial charge in [0, 0.05) is 17.1 Å². The van der Waals surface area contributed by atoms with Crippen molar-refractivity contribution in [3.05, 3.63) is 208 Å². The van der Waals surface area contributed by atoms with Gasteiger partial charge in [-0.25, -0.2) is 0 Å². The topological polar surface area (TPSA) is 3.24 Å². The first-order valence-corrected chi connectivity index (χ1v) is 23.6. The van der Waals surface area contributed by atoms with Crippen molar-refractivity contribution in [3.63, 3.8) is 0 Å². The van der Waals surface area contributed by atoms with E-state index in [1.807, 2.05) is 0 Å². The molecule has 0 unspecified atom stereocenters. The van der Waals surface area contributed by atoms with Crippen LogP contribution in [-0.4, -0.2) is 21.5 Å². The molecule has 0 aromatic heterocycles. The summed E-state index contributed by atoms with van der Waals surface area (Å²) in [6.45, 7) is 18.4. The number of nitrogens with zero attached hydrogens (tertiary/aromatic N) is 1. The van der Waals surface area contributed by atoms with Crippen LogP contribution in [0.25, 0.3) is 0 Å². The summed E-state index contributed by atoms with van der Waals surface area (Å²) >= 11 is 0. The van der Waals surface area contributed by atoms with Crippen LogP contribution in [0.3, 0.4) is 0 Å². The van der Waals surface area contributed by atoms with Crippen LogP contribution < -0.4 is 58.4 Å². The van der Waals surface area contributed by atoms with E-state index in [0.29, 0.717) is 0 Å². The molecule has 2 aliphatic rings. The number of anilines is 3. The first-order chi connectivity index (χ1) is 29.1. The zero-order chi connectivity index (χ0) is 41.4. The largest absolute Gasteiger partial charge is 0.313 e. The summed E-state index contributed by atoms with van der Waals surface area (Å²) in [6, 6.07) is 63.8.